The van der Waals surface area contributed by atoms with Crippen LogP contribution in [0.2, 0.25) is 0 Å². The second-order valence-corrected chi connectivity index (χ2v) is 9.13. The van der Waals surface area contributed by atoms with Crippen LogP contribution in [0.1, 0.15) is 0 Å². The van der Waals surface area contributed by atoms with E-state index < -0.39 is 105 Å². The van der Waals surface area contributed by atoms with Gasteiger partial charge in [0, 0.05) is 0 Å². The van der Waals surface area contributed by atoms with E-state index in [4.69, 9.17) is 23.7 Å². The lowest BCUT2D eigenvalue weighted by atomic mass is 9.82. The van der Waals surface area contributed by atoms with Gasteiger partial charge in [0.2, 0.25) is 6.29 Å². The van der Waals surface area contributed by atoms with Gasteiger partial charge in [0.1, 0.15) is 60.5 Å². The lowest BCUT2D eigenvalue weighted by Gasteiger charge is -2.48. The number of hydrogen-bond acceptors (Lipinski definition) is 15. The summed E-state index contributed by atoms with van der Waals surface area (Å²) in [6.07, 6.45) is -15.6. The van der Waals surface area contributed by atoms with Gasteiger partial charge in [0.25, 0.3) is 0 Å². The number of aliphatic hydroxyl groups is 10. The molecule has 0 aromatic rings. The Kier molecular flexibility index (Phi) is 8.35. The van der Waals surface area contributed by atoms with Crippen molar-refractivity contribution in [2.24, 2.45) is 5.92 Å². The number of ether oxygens (including phenoxy) is 5. The van der Waals surface area contributed by atoms with Crippen LogP contribution < -0.4 is 0 Å². The Labute approximate surface area is 204 Å². The van der Waals surface area contributed by atoms with Crippen LogP contribution in [-0.2, 0) is 23.7 Å². The number of hydrogen-bond donors (Lipinski definition) is 10. The summed E-state index contributed by atoms with van der Waals surface area (Å²) in [6, 6.07) is 0. The molecule has 4 aliphatic rings. The molecule has 3 heterocycles. The van der Waals surface area contributed by atoms with E-state index in [1.54, 1.807) is 0 Å². The molecule has 0 spiro atoms. The highest BCUT2D eigenvalue weighted by atomic mass is 16.8. The number of rotatable bonds is 7. The zero-order chi connectivity index (χ0) is 26.4. The summed E-state index contributed by atoms with van der Waals surface area (Å²) in [7, 11) is 0. The van der Waals surface area contributed by atoms with Crippen LogP contribution in [0.15, 0.2) is 24.0 Å². The van der Waals surface area contributed by atoms with E-state index in [0.717, 1.165) is 6.26 Å². The standard InChI is InChI=1S/C21H32O15/c22-4-7-3-10(25)21(36-20-17(31)15(29)13(27)9(6-24)34-20)1-2-32-18(11(7)21)35-19-16(30)14(28)12(26)8(5-23)33-19/h1-3,8-20,22-31H,4-6H2/t8-,9-,10-,11+,12-,13-,14+,15-,16-,17-,18+,19+,20-,21-/m1/s1. The average molecular weight is 524 g/mol. The van der Waals surface area contributed by atoms with E-state index in [-0.39, 0.29) is 5.57 Å². The summed E-state index contributed by atoms with van der Waals surface area (Å²) in [4.78, 5) is 0. The summed E-state index contributed by atoms with van der Waals surface area (Å²) < 4.78 is 27.9. The minimum Gasteiger partial charge on any atom is -0.472 e. The van der Waals surface area contributed by atoms with Crippen molar-refractivity contribution in [3.05, 3.63) is 24.0 Å². The van der Waals surface area contributed by atoms with Gasteiger partial charge in [-0.25, -0.2) is 0 Å². The van der Waals surface area contributed by atoms with Gasteiger partial charge in [0.15, 0.2) is 12.6 Å². The maximum Gasteiger partial charge on any atom is 0.211 e. The Morgan fingerprint density at radius 1 is 0.722 bits per heavy atom. The topological polar surface area (TPSA) is 248 Å². The molecule has 15 nitrogen and oxygen atoms in total. The molecule has 2 saturated heterocycles. The van der Waals surface area contributed by atoms with Gasteiger partial charge in [-0.05, 0) is 11.6 Å². The van der Waals surface area contributed by atoms with Crippen LogP contribution in [0.4, 0.5) is 0 Å². The van der Waals surface area contributed by atoms with Crippen LogP contribution in [-0.4, -0.2) is 150 Å². The number of fused-ring (bicyclic) bond motifs is 1. The Morgan fingerprint density at radius 3 is 1.83 bits per heavy atom. The second kappa shape index (κ2) is 10.8. The predicted molar refractivity (Wildman–Crippen MR) is 111 cm³/mol. The van der Waals surface area contributed by atoms with Crippen molar-refractivity contribution in [3.8, 4) is 0 Å². The molecule has 36 heavy (non-hydrogen) atoms. The molecule has 0 bridgehead atoms. The largest absolute Gasteiger partial charge is 0.472 e. The smallest absolute Gasteiger partial charge is 0.211 e. The fourth-order valence-corrected chi connectivity index (χ4v) is 4.92. The third kappa shape index (κ3) is 4.59. The van der Waals surface area contributed by atoms with E-state index in [2.05, 4.69) is 0 Å². The summed E-state index contributed by atoms with van der Waals surface area (Å²) in [5.41, 5.74) is -1.67. The van der Waals surface area contributed by atoms with Crippen LogP contribution in [0.25, 0.3) is 0 Å². The molecule has 2 fully saturated rings. The molecule has 0 aromatic heterocycles. The van der Waals surface area contributed by atoms with Gasteiger partial charge in [-0.2, -0.15) is 0 Å². The molecule has 0 amide bonds. The van der Waals surface area contributed by atoms with Crippen LogP contribution in [0.3, 0.4) is 0 Å². The predicted octanol–water partition coefficient (Wildman–Crippen LogP) is -5.86. The molecule has 10 N–H and O–H groups in total. The molecule has 0 radical (unpaired) electrons. The summed E-state index contributed by atoms with van der Waals surface area (Å²) >= 11 is 0. The minimum atomic E-state index is -1.83. The average Bonchev–Trinajstić information content (AvgIpc) is 3.16. The van der Waals surface area contributed by atoms with E-state index >= 15 is 0 Å². The van der Waals surface area contributed by atoms with Gasteiger partial charge in [0.05, 0.1) is 32.0 Å². The molecule has 0 unspecified atom stereocenters. The van der Waals surface area contributed by atoms with Gasteiger partial charge < -0.3 is 74.7 Å². The first kappa shape index (κ1) is 27.7. The Hall–Kier alpha value is -1.28. The fraction of sp³-hybridized carbons (Fsp3) is 0.810. The van der Waals surface area contributed by atoms with E-state index in [0.29, 0.717) is 0 Å². The van der Waals surface area contributed by atoms with Gasteiger partial charge >= 0.3 is 0 Å². The molecule has 14 atom stereocenters. The summed E-state index contributed by atoms with van der Waals surface area (Å²) in [6.45, 7) is -2.02. The molecule has 1 aliphatic carbocycles. The van der Waals surface area contributed by atoms with Gasteiger partial charge in [-0.15, -0.1) is 0 Å². The Balaban J connectivity index is 1.60. The molecule has 0 aromatic carbocycles. The number of aliphatic hydroxyl groups excluding tert-OH is 10. The van der Waals surface area contributed by atoms with Crippen molar-refractivity contribution < 1.29 is 74.7 Å². The lowest BCUT2D eigenvalue weighted by Crippen LogP contribution is -2.64. The lowest BCUT2D eigenvalue weighted by molar-refractivity contribution is -0.362. The quantitative estimate of drug-likeness (QED) is 0.139. The molecular weight excluding hydrogens is 492 g/mol. The van der Waals surface area contributed by atoms with E-state index in [1.165, 1.54) is 12.2 Å². The first-order valence-electron chi connectivity index (χ1n) is 11.4. The first-order chi connectivity index (χ1) is 17.1. The minimum absolute atomic E-state index is 0.158. The SMILES string of the molecule is OCC1=C[C@@H](O)[C@]2(O[C@H]3O[C@H](CO)[C@@H](O)[C@@H](O)[C@H]3O)C=CO[C@@H](O[C@@H]3O[C@H](CO)[C@@H](O)[C@H](O)[C@H]3O)[C@H]12. The fourth-order valence-electron chi connectivity index (χ4n) is 4.92. The molecular formula is C21H32O15. The van der Waals surface area contributed by atoms with Crippen molar-refractivity contribution in [2.75, 3.05) is 19.8 Å². The third-order valence-electron chi connectivity index (χ3n) is 7.00. The Morgan fingerprint density at radius 2 is 1.28 bits per heavy atom. The van der Waals surface area contributed by atoms with Gasteiger partial charge in [-0.3, -0.25) is 0 Å². The van der Waals surface area contributed by atoms with E-state index in [1.807, 2.05) is 0 Å². The highest BCUT2D eigenvalue weighted by Gasteiger charge is 2.60. The monoisotopic (exact) mass is 524 g/mol. The highest BCUT2D eigenvalue weighted by Crippen LogP contribution is 2.47. The van der Waals surface area contributed by atoms with Crippen LogP contribution >= 0.6 is 0 Å². The van der Waals surface area contributed by atoms with Crippen molar-refractivity contribution in [1.82, 2.24) is 0 Å². The van der Waals surface area contributed by atoms with Gasteiger partial charge in [-0.1, -0.05) is 6.08 Å². The van der Waals surface area contributed by atoms with E-state index in [9.17, 15) is 51.1 Å². The highest BCUT2D eigenvalue weighted by molar-refractivity contribution is 5.34. The molecule has 15 heteroatoms. The molecule has 206 valence electrons. The second-order valence-electron chi connectivity index (χ2n) is 9.13. The van der Waals surface area contributed by atoms with Crippen molar-refractivity contribution in [1.29, 1.82) is 0 Å². The van der Waals surface area contributed by atoms with Crippen molar-refractivity contribution in [3.63, 3.8) is 0 Å². The maximum absolute atomic E-state index is 10.9. The van der Waals surface area contributed by atoms with Crippen molar-refractivity contribution >= 4 is 0 Å². The zero-order valence-electron chi connectivity index (χ0n) is 18.9. The van der Waals surface area contributed by atoms with Crippen molar-refractivity contribution in [2.45, 2.75) is 79.4 Å². The molecule has 4 rings (SSSR count). The summed E-state index contributed by atoms with van der Waals surface area (Å²) in [5, 5.41) is 101. The van der Waals surface area contributed by atoms with Crippen LogP contribution in [0, 0.1) is 5.92 Å². The molecule has 3 aliphatic heterocycles. The Bertz CT molecular complexity index is 819. The third-order valence-corrected chi connectivity index (χ3v) is 7.00. The summed E-state index contributed by atoms with van der Waals surface area (Å²) in [5.74, 6) is -1.16. The van der Waals surface area contributed by atoms with Crippen LogP contribution in [0.5, 0.6) is 0 Å². The normalized spacial score (nSPS) is 50.9. The zero-order valence-corrected chi connectivity index (χ0v) is 18.9. The first-order valence-corrected chi connectivity index (χ1v) is 11.4. The maximum atomic E-state index is 10.9. The molecule has 0 saturated carbocycles.